The van der Waals surface area contributed by atoms with E-state index in [9.17, 15) is 4.79 Å². The second kappa shape index (κ2) is 5.65. The van der Waals surface area contributed by atoms with Gasteiger partial charge in [0.2, 0.25) is 0 Å². The van der Waals surface area contributed by atoms with E-state index >= 15 is 0 Å². The van der Waals surface area contributed by atoms with E-state index in [1.54, 1.807) is 9.13 Å². The lowest BCUT2D eigenvalue weighted by molar-refractivity contribution is 0.567. The molecule has 0 aliphatic heterocycles. The molecule has 80 valence electrons. The summed E-state index contributed by atoms with van der Waals surface area (Å²) in [6.07, 6.45) is 4.70. The first-order valence-corrected chi connectivity index (χ1v) is 5.25. The molecule has 0 radical (unpaired) electrons. The molecular weight excluding hydrogens is 178 g/mol. The van der Waals surface area contributed by atoms with Gasteiger partial charge < -0.3 is 5.32 Å². The standard InChI is InChI=1S/C10H19N3O/c1-3-11-6-5-7-13-9-8-12(4-2)10(13)14/h8-9,11H,3-7H2,1-2H3. The predicted molar refractivity (Wildman–Crippen MR) is 57.5 cm³/mol. The van der Waals surface area contributed by atoms with Crippen LogP contribution in [0.1, 0.15) is 20.3 Å². The second-order valence-electron chi connectivity index (χ2n) is 3.27. The van der Waals surface area contributed by atoms with E-state index in [0.29, 0.717) is 0 Å². The maximum atomic E-state index is 11.6. The number of hydrogen-bond acceptors (Lipinski definition) is 2. The lowest BCUT2D eigenvalue weighted by Gasteiger charge is -2.02. The molecule has 0 amide bonds. The molecule has 1 N–H and O–H groups in total. The fourth-order valence-corrected chi connectivity index (χ4v) is 1.42. The molecule has 4 heteroatoms. The van der Waals surface area contributed by atoms with E-state index in [-0.39, 0.29) is 5.69 Å². The van der Waals surface area contributed by atoms with Crippen LogP contribution in [0, 0.1) is 0 Å². The summed E-state index contributed by atoms with van der Waals surface area (Å²) < 4.78 is 3.48. The molecule has 0 aliphatic carbocycles. The van der Waals surface area contributed by atoms with Gasteiger partial charge in [0.25, 0.3) is 0 Å². The average molecular weight is 197 g/mol. The van der Waals surface area contributed by atoms with Crippen molar-refractivity contribution < 1.29 is 0 Å². The first-order valence-electron chi connectivity index (χ1n) is 5.25. The molecule has 0 atom stereocenters. The summed E-state index contributed by atoms with van der Waals surface area (Å²) in [5.41, 5.74) is 0.101. The molecule has 4 nitrogen and oxygen atoms in total. The molecule has 0 unspecified atom stereocenters. The summed E-state index contributed by atoms with van der Waals surface area (Å²) in [5, 5.41) is 3.24. The monoisotopic (exact) mass is 197 g/mol. The van der Waals surface area contributed by atoms with Gasteiger partial charge in [0.05, 0.1) is 0 Å². The van der Waals surface area contributed by atoms with Crippen molar-refractivity contribution in [3.63, 3.8) is 0 Å². The van der Waals surface area contributed by atoms with E-state index < -0.39 is 0 Å². The topological polar surface area (TPSA) is 39.0 Å². The Labute approximate surface area is 84.5 Å². The van der Waals surface area contributed by atoms with Crippen LogP contribution >= 0.6 is 0 Å². The van der Waals surface area contributed by atoms with Crippen molar-refractivity contribution in [3.05, 3.63) is 22.9 Å². The fraction of sp³-hybridized carbons (Fsp3) is 0.700. The average Bonchev–Trinajstić information content (AvgIpc) is 2.55. The molecule has 0 bridgehead atoms. The van der Waals surface area contributed by atoms with E-state index in [1.807, 2.05) is 19.3 Å². The highest BCUT2D eigenvalue weighted by Gasteiger charge is 1.99. The van der Waals surface area contributed by atoms with Crippen LogP contribution in [-0.4, -0.2) is 22.2 Å². The summed E-state index contributed by atoms with van der Waals surface area (Å²) in [5.74, 6) is 0. The summed E-state index contributed by atoms with van der Waals surface area (Å²) >= 11 is 0. The van der Waals surface area contributed by atoms with Gasteiger partial charge in [-0.3, -0.25) is 9.13 Å². The van der Waals surface area contributed by atoms with Crippen LogP contribution in [0.25, 0.3) is 0 Å². The van der Waals surface area contributed by atoms with Crippen LogP contribution < -0.4 is 11.0 Å². The number of aromatic nitrogens is 2. The summed E-state index contributed by atoms with van der Waals surface area (Å²) in [6.45, 7) is 7.58. The Morgan fingerprint density at radius 1 is 1.29 bits per heavy atom. The van der Waals surface area contributed by atoms with Gasteiger partial charge in [-0.25, -0.2) is 4.79 Å². The molecule has 1 rings (SSSR count). The quantitative estimate of drug-likeness (QED) is 0.681. The molecule has 0 saturated carbocycles. The van der Waals surface area contributed by atoms with Crippen LogP contribution in [0.2, 0.25) is 0 Å². The highest BCUT2D eigenvalue weighted by Crippen LogP contribution is 1.88. The van der Waals surface area contributed by atoms with E-state index in [0.717, 1.165) is 32.6 Å². The van der Waals surface area contributed by atoms with Gasteiger partial charge in [0.15, 0.2) is 0 Å². The minimum atomic E-state index is 0.101. The maximum Gasteiger partial charge on any atom is 0.328 e. The van der Waals surface area contributed by atoms with Crippen LogP contribution in [0.15, 0.2) is 17.2 Å². The van der Waals surface area contributed by atoms with Gasteiger partial charge in [-0.15, -0.1) is 0 Å². The molecule has 0 spiro atoms. The van der Waals surface area contributed by atoms with Crippen LogP contribution in [-0.2, 0) is 13.1 Å². The number of nitrogens with one attached hydrogen (secondary N) is 1. The minimum absolute atomic E-state index is 0.101. The summed E-state index contributed by atoms with van der Waals surface area (Å²) in [4.78, 5) is 11.6. The number of imidazole rings is 1. The van der Waals surface area contributed by atoms with E-state index in [4.69, 9.17) is 0 Å². The number of rotatable bonds is 6. The third-order valence-corrected chi connectivity index (χ3v) is 2.26. The first-order chi connectivity index (χ1) is 6.79. The van der Waals surface area contributed by atoms with Gasteiger partial charge in [-0.05, 0) is 26.4 Å². The lowest BCUT2D eigenvalue weighted by atomic mass is 10.4. The zero-order valence-corrected chi connectivity index (χ0v) is 8.99. The highest BCUT2D eigenvalue weighted by molar-refractivity contribution is 4.80. The molecule has 0 fully saturated rings. The zero-order valence-electron chi connectivity index (χ0n) is 8.99. The molecule has 1 aromatic heterocycles. The normalized spacial score (nSPS) is 10.7. The van der Waals surface area contributed by atoms with Gasteiger partial charge in [-0.2, -0.15) is 0 Å². The number of aryl methyl sites for hydroxylation is 2. The zero-order chi connectivity index (χ0) is 10.4. The van der Waals surface area contributed by atoms with Crippen molar-refractivity contribution in [3.8, 4) is 0 Å². The van der Waals surface area contributed by atoms with Crippen LogP contribution in [0.5, 0.6) is 0 Å². The van der Waals surface area contributed by atoms with Crippen molar-refractivity contribution in [2.45, 2.75) is 33.4 Å². The Hall–Kier alpha value is -1.03. The second-order valence-corrected chi connectivity index (χ2v) is 3.27. The predicted octanol–water partition coefficient (Wildman–Crippen LogP) is 0.669. The Kier molecular flexibility index (Phi) is 4.46. The van der Waals surface area contributed by atoms with Gasteiger partial charge in [0, 0.05) is 25.5 Å². The Balaban J connectivity index is 2.43. The maximum absolute atomic E-state index is 11.6. The molecule has 0 aromatic carbocycles. The third kappa shape index (κ3) is 2.73. The summed E-state index contributed by atoms with van der Waals surface area (Å²) in [7, 11) is 0. The molecule has 1 heterocycles. The van der Waals surface area contributed by atoms with Crippen LogP contribution in [0.4, 0.5) is 0 Å². The Morgan fingerprint density at radius 3 is 2.57 bits per heavy atom. The Bertz CT molecular complexity index is 313. The SMILES string of the molecule is CCNCCCn1ccn(CC)c1=O. The first kappa shape index (κ1) is 11.0. The smallest absolute Gasteiger partial charge is 0.317 e. The highest BCUT2D eigenvalue weighted by atomic mass is 16.1. The van der Waals surface area contributed by atoms with Crippen molar-refractivity contribution in [1.29, 1.82) is 0 Å². The summed E-state index contributed by atoms with van der Waals surface area (Å²) in [6, 6.07) is 0. The molecule has 0 saturated heterocycles. The molecule has 0 aliphatic rings. The lowest BCUT2D eigenvalue weighted by Crippen LogP contribution is -2.25. The third-order valence-electron chi connectivity index (χ3n) is 2.26. The molecular formula is C10H19N3O. The fourth-order valence-electron chi connectivity index (χ4n) is 1.42. The molecule has 14 heavy (non-hydrogen) atoms. The van der Waals surface area contributed by atoms with E-state index in [1.165, 1.54) is 0 Å². The van der Waals surface area contributed by atoms with E-state index in [2.05, 4.69) is 12.2 Å². The van der Waals surface area contributed by atoms with Crippen molar-refractivity contribution in [1.82, 2.24) is 14.5 Å². The van der Waals surface area contributed by atoms with Crippen molar-refractivity contribution >= 4 is 0 Å². The van der Waals surface area contributed by atoms with Crippen molar-refractivity contribution in [2.24, 2.45) is 0 Å². The largest absolute Gasteiger partial charge is 0.328 e. The number of nitrogens with zero attached hydrogens (tertiary/aromatic N) is 2. The van der Waals surface area contributed by atoms with Gasteiger partial charge in [-0.1, -0.05) is 6.92 Å². The van der Waals surface area contributed by atoms with Crippen LogP contribution in [0.3, 0.4) is 0 Å². The Morgan fingerprint density at radius 2 is 2.00 bits per heavy atom. The van der Waals surface area contributed by atoms with Gasteiger partial charge >= 0.3 is 5.69 Å². The minimum Gasteiger partial charge on any atom is -0.317 e. The number of hydrogen-bond donors (Lipinski definition) is 1. The molecule has 1 aromatic rings. The van der Waals surface area contributed by atoms with Crippen molar-refractivity contribution in [2.75, 3.05) is 13.1 Å². The van der Waals surface area contributed by atoms with Gasteiger partial charge in [0.1, 0.15) is 0 Å².